The average Bonchev–Trinajstić information content (AvgIpc) is 3.58. The summed E-state index contributed by atoms with van der Waals surface area (Å²) in [5, 5.41) is 7.68. The van der Waals surface area contributed by atoms with Crippen LogP contribution in [0.15, 0.2) is 194 Å². The van der Waals surface area contributed by atoms with Crippen LogP contribution in [0, 0.1) is 0 Å². The minimum absolute atomic E-state index is 1.21. The summed E-state index contributed by atoms with van der Waals surface area (Å²) in [4.78, 5) is 0. The highest BCUT2D eigenvalue weighted by atomic mass is 32.1. The standard InChI is InChI=1S/C50H32S/c1-3-14-34(15-4-1)38-23-13-24-39(35-16-5-2-6-17-35)49(38)50-43-21-9-7-19-41(43)48(42-20-8-10-22-44(42)50)36-28-26-33(27-29-36)37-30-31-47-45(32-37)40-18-11-12-25-46(40)51-47/h1-32H. The van der Waals surface area contributed by atoms with Gasteiger partial charge in [-0.15, -0.1) is 11.3 Å². The predicted octanol–water partition coefficient (Wildman–Crippen LogP) is 14.7. The van der Waals surface area contributed by atoms with Gasteiger partial charge in [0.05, 0.1) is 0 Å². The summed E-state index contributed by atoms with van der Waals surface area (Å²) < 4.78 is 2.67. The van der Waals surface area contributed by atoms with Gasteiger partial charge in [0, 0.05) is 20.2 Å². The molecule has 0 saturated heterocycles. The van der Waals surface area contributed by atoms with E-state index in [0.29, 0.717) is 0 Å². The lowest BCUT2D eigenvalue weighted by atomic mass is 9.81. The maximum atomic E-state index is 2.36. The van der Waals surface area contributed by atoms with Crippen molar-refractivity contribution < 1.29 is 0 Å². The van der Waals surface area contributed by atoms with Crippen molar-refractivity contribution in [3.63, 3.8) is 0 Å². The highest BCUT2D eigenvalue weighted by Gasteiger charge is 2.22. The summed E-state index contributed by atoms with van der Waals surface area (Å²) in [7, 11) is 0. The third kappa shape index (κ3) is 4.97. The summed E-state index contributed by atoms with van der Waals surface area (Å²) in [6, 6.07) is 71.2. The van der Waals surface area contributed by atoms with Gasteiger partial charge in [-0.3, -0.25) is 0 Å². The number of hydrogen-bond acceptors (Lipinski definition) is 1. The first-order chi connectivity index (χ1) is 25.3. The summed E-state index contributed by atoms with van der Waals surface area (Å²) in [6.07, 6.45) is 0. The molecule has 0 bridgehead atoms. The van der Waals surface area contributed by atoms with Gasteiger partial charge in [-0.25, -0.2) is 0 Å². The molecule has 0 fully saturated rings. The Kier molecular flexibility index (Phi) is 7.11. The van der Waals surface area contributed by atoms with E-state index in [0.717, 1.165) is 0 Å². The van der Waals surface area contributed by atoms with Gasteiger partial charge in [0.15, 0.2) is 0 Å². The number of fused-ring (bicyclic) bond motifs is 5. The van der Waals surface area contributed by atoms with Crippen LogP contribution in [0.5, 0.6) is 0 Å². The lowest BCUT2D eigenvalue weighted by Gasteiger charge is -2.22. The molecule has 238 valence electrons. The molecule has 0 radical (unpaired) electrons. The highest BCUT2D eigenvalue weighted by Crippen LogP contribution is 2.49. The van der Waals surface area contributed by atoms with Crippen LogP contribution in [0.3, 0.4) is 0 Å². The van der Waals surface area contributed by atoms with Gasteiger partial charge in [0.1, 0.15) is 0 Å². The lowest BCUT2D eigenvalue weighted by molar-refractivity contribution is 1.58. The molecule has 0 atom stereocenters. The van der Waals surface area contributed by atoms with Gasteiger partial charge in [-0.1, -0.05) is 176 Å². The van der Waals surface area contributed by atoms with Crippen LogP contribution in [0.25, 0.3) is 97.4 Å². The lowest BCUT2D eigenvalue weighted by Crippen LogP contribution is -1.95. The second-order valence-electron chi connectivity index (χ2n) is 13.2. The van der Waals surface area contributed by atoms with Crippen LogP contribution in [0.1, 0.15) is 0 Å². The Morgan fingerprint density at radius 3 is 1.27 bits per heavy atom. The number of thiophene rings is 1. The molecule has 1 heterocycles. The number of hydrogen-bond donors (Lipinski definition) is 0. The van der Waals surface area contributed by atoms with Crippen molar-refractivity contribution in [3.8, 4) is 55.6 Å². The first-order valence-corrected chi connectivity index (χ1v) is 18.3. The zero-order chi connectivity index (χ0) is 33.7. The fourth-order valence-corrected chi connectivity index (χ4v) is 9.07. The molecule has 9 aromatic carbocycles. The Hall–Kier alpha value is -6.28. The molecule has 0 amide bonds. The average molecular weight is 665 g/mol. The van der Waals surface area contributed by atoms with Crippen molar-refractivity contribution in [1.29, 1.82) is 0 Å². The SMILES string of the molecule is c1ccc(-c2cccc(-c3ccccc3)c2-c2c3ccccc3c(-c3ccc(-c4ccc5sc6ccccc6c5c4)cc3)c3ccccc23)cc1. The third-order valence-electron chi connectivity index (χ3n) is 10.3. The molecular weight excluding hydrogens is 633 g/mol. The second kappa shape index (κ2) is 12.2. The molecule has 51 heavy (non-hydrogen) atoms. The summed E-state index contributed by atoms with van der Waals surface area (Å²) in [5.41, 5.74) is 12.4. The Bertz CT molecular complexity index is 2760. The normalized spacial score (nSPS) is 11.5. The Morgan fingerprint density at radius 2 is 0.686 bits per heavy atom. The van der Waals surface area contributed by atoms with Crippen LogP contribution >= 0.6 is 11.3 Å². The van der Waals surface area contributed by atoms with E-state index in [4.69, 9.17) is 0 Å². The van der Waals surface area contributed by atoms with Crippen molar-refractivity contribution in [1.82, 2.24) is 0 Å². The minimum atomic E-state index is 1.21. The third-order valence-corrected chi connectivity index (χ3v) is 11.5. The Labute approximate surface area is 301 Å². The predicted molar refractivity (Wildman–Crippen MR) is 222 cm³/mol. The molecular formula is C50H32S. The smallest absolute Gasteiger partial charge is 0.0355 e. The summed E-state index contributed by atoms with van der Waals surface area (Å²) in [5.74, 6) is 0. The van der Waals surface area contributed by atoms with Crippen LogP contribution in [0.2, 0.25) is 0 Å². The molecule has 0 aliphatic carbocycles. The molecule has 0 nitrogen and oxygen atoms in total. The van der Waals surface area contributed by atoms with E-state index in [2.05, 4.69) is 194 Å². The van der Waals surface area contributed by atoms with Gasteiger partial charge < -0.3 is 0 Å². The van der Waals surface area contributed by atoms with Crippen molar-refractivity contribution in [3.05, 3.63) is 194 Å². The second-order valence-corrected chi connectivity index (χ2v) is 14.3. The topological polar surface area (TPSA) is 0 Å². The van der Waals surface area contributed by atoms with Gasteiger partial charge in [-0.05, 0) is 95.4 Å². The van der Waals surface area contributed by atoms with Crippen LogP contribution in [-0.2, 0) is 0 Å². The van der Waals surface area contributed by atoms with E-state index in [1.165, 1.54) is 97.4 Å². The maximum absolute atomic E-state index is 2.36. The molecule has 1 heteroatoms. The number of benzene rings is 9. The van der Waals surface area contributed by atoms with Crippen molar-refractivity contribution in [2.75, 3.05) is 0 Å². The molecule has 1 aromatic heterocycles. The van der Waals surface area contributed by atoms with E-state index in [1.807, 2.05) is 11.3 Å². The van der Waals surface area contributed by atoms with Crippen LogP contribution in [0.4, 0.5) is 0 Å². The zero-order valence-corrected chi connectivity index (χ0v) is 28.7. The molecule has 0 saturated carbocycles. The first kappa shape index (κ1) is 29.6. The minimum Gasteiger partial charge on any atom is -0.135 e. The van der Waals surface area contributed by atoms with Crippen molar-refractivity contribution in [2.24, 2.45) is 0 Å². The van der Waals surface area contributed by atoms with E-state index in [9.17, 15) is 0 Å². The van der Waals surface area contributed by atoms with E-state index in [-0.39, 0.29) is 0 Å². The van der Waals surface area contributed by atoms with Gasteiger partial charge >= 0.3 is 0 Å². The van der Waals surface area contributed by atoms with Crippen LogP contribution < -0.4 is 0 Å². The molecule has 0 aliphatic rings. The summed E-state index contributed by atoms with van der Waals surface area (Å²) in [6.45, 7) is 0. The van der Waals surface area contributed by atoms with Gasteiger partial charge in [-0.2, -0.15) is 0 Å². The molecule has 10 aromatic rings. The van der Waals surface area contributed by atoms with Crippen molar-refractivity contribution in [2.45, 2.75) is 0 Å². The molecule has 0 spiro atoms. The largest absolute Gasteiger partial charge is 0.135 e. The van der Waals surface area contributed by atoms with Crippen molar-refractivity contribution >= 4 is 53.1 Å². The van der Waals surface area contributed by atoms with Gasteiger partial charge in [0.2, 0.25) is 0 Å². The monoisotopic (exact) mass is 664 g/mol. The van der Waals surface area contributed by atoms with E-state index >= 15 is 0 Å². The molecule has 0 unspecified atom stereocenters. The first-order valence-electron chi connectivity index (χ1n) is 17.5. The van der Waals surface area contributed by atoms with E-state index < -0.39 is 0 Å². The zero-order valence-electron chi connectivity index (χ0n) is 27.9. The van der Waals surface area contributed by atoms with Crippen LogP contribution in [-0.4, -0.2) is 0 Å². The summed E-state index contributed by atoms with van der Waals surface area (Å²) >= 11 is 1.87. The van der Waals surface area contributed by atoms with Gasteiger partial charge in [0.25, 0.3) is 0 Å². The highest BCUT2D eigenvalue weighted by molar-refractivity contribution is 7.25. The molecule has 0 N–H and O–H groups in total. The quantitative estimate of drug-likeness (QED) is 0.161. The maximum Gasteiger partial charge on any atom is 0.0355 e. The molecule has 0 aliphatic heterocycles. The fourth-order valence-electron chi connectivity index (χ4n) is 7.98. The Morgan fingerprint density at radius 1 is 0.235 bits per heavy atom. The molecule has 10 rings (SSSR count). The van der Waals surface area contributed by atoms with E-state index in [1.54, 1.807) is 0 Å². The Balaban J connectivity index is 1.20. The fraction of sp³-hybridized carbons (Fsp3) is 0. The number of rotatable bonds is 5.